The van der Waals surface area contributed by atoms with E-state index in [2.05, 4.69) is 6.58 Å². The Hall–Kier alpha value is -0.990. The maximum Gasteiger partial charge on any atom is 0.407 e. The Balaban J connectivity index is 3.25. The zero-order valence-electron chi connectivity index (χ0n) is 10.5. The first kappa shape index (κ1) is 15.0. The molecule has 0 unspecified atom stereocenters. The summed E-state index contributed by atoms with van der Waals surface area (Å²) in [6.45, 7) is 6.84. The average Bonchev–Trinajstić information content (AvgIpc) is 2.26. The van der Waals surface area contributed by atoms with Crippen molar-refractivity contribution >= 4 is 6.09 Å². The van der Waals surface area contributed by atoms with Gasteiger partial charge in [0.05, 0.1) is 0 Å². The molecule has 0 rings (SSSR count). The summed E-state index contributed by atoms with van der Waals surface area (Å²) in [6, 6.07) is 0. The van der Waals surface area contributed by atoms with Gasteiger partial charge in [0.15, 0.2) is 0 Å². The Morgan fingerprint density at radius 2 is 1.75 bits per heavy atom. The summed E-state index contributed by atoms with van der Waals surface area (Å²) >= 11 is 0. The molecular weight excluding hydrogens is 202 g/mol. The minimum absolute atomic E-state index is 0.592. The minimum atomic E-state index is -0.798. The Bertz CT molecular complexity index is 192. The van der Waals surface area contributed by atoms with Crippen LogP contribution < -0.4 is 0 Å². The number of nitrogens with zero attached hydrogens (tertiary/aromatic N) is 1. The fourth-order valence-electron chi connectivity index (χ4n) is 1.69. The van der Waals surface area contributed by atoms with E-state index in [1.165, 1.54) is 30.6 Å². The van der Waals surface area contributed by atoms with Crippen molar-refractivity contribution < 1.29 is 9.90 Å². The van der Waals surface area contributed by atoms with Crippen molar-refractivity contribution in [1.82, 2.24) is 4.90 Å². The highest BCUT2D eigenvalue weighted by atomic mass is 16.4. The van der Waals surface area contributed by atoms with Gasteiger partial charge in [-0.25, -0.2) is 4.79 Å². The van der Waals surface area contributed by atoms with Gasteiger partial charge < -0.3 is 10.0 Å². The lowest BCUT2D eigenvalue weighted by Crippen LogP contribution is -2.29. The fraction of sp³-hybridized carbons (Fsp3) is 0.769. The first-order valence-corrected chi connectivity index (χ1v) is 6.31. The molecule has 0 fully saturated rings. The molecule has 0 spiro atoms. The first-order valence-electron chi connectivity index (χ1n) is 6.31. The zero-order valence-corrected chi connectivity index (χ0v) is 10.5. The number of amides is 1. The molecule has 1 amide bonds. The summed E-state index contributed by atoms with van der Waals surface area (Å²) in [5.41, 5.74) is 0. The van der Waals surface area contributed by atoms with Gasteiger partial charge >= 0.3 is 6.09 Å². The number of carbonyl (C=O) groups is 1. The van der Waals surface area contributed by atoms with Crippen LogP contribution in [0.15, 0.2) is 12.7 Å². The Morgan fingerprint density at radius 3 is 2.25 bits per heavy atom. The van der Waals surface area contributed by atoms with E-state index in [1.807, 2.05) is 13.0 Å². The summed E-state index contributed by atoms with van der Waals surface area (Å²) in [5.74, 6) is 0. The first-order chi connectivity index (χ1) is 7.72. The van der Waals surface area contributed by atoms with Crippen molar-refractivity contribution in [2.45, 2.75) is 51.9 Å². The van der Waals surface area contributed by atoms with Gasteiger partial charge in [0, 0.05) is 13.1 Å². The van der Waals surface area contributed by atoms with Crippen LogP contribution in [-0.2, 0) is 0 Å². The summed E-state index contributed by atoms with van der Waals surface area (Å²) in [4.78, 5) is 12.2. The third kappa shape index (κ3) is 8.33. The molecule has 94 valence electrons. The number of unbranched alkanes of at least 4 members (excludes halogenated alkanes) is 6. The molecule has 0 saturated heterocycles. The fourth-order valence-corrected chi connectivity index (χ4v) is 1.69. The van der Waals surface area contributed by atoms with Gasteiger partial charge in [-0.05, 0) is 26.2 Å². The van der Waals surface area contributed by atoms with Gasteiger partial charge in [0.2, 0.25) is 0 Å². The maximum atomic E-state index is 10.7. The van der Waals surface area contributed by atoms with E-state index in [1.54, 1.807) is 0 Å². The van der Waals surface area contributed by atoms with Crippen LogP contribution in [-0.4, -0.2) is 29.2 Å². The summed E-state index contributed by atoms with van der Waals surface area (Å²) < 4.78 is 0. The lowest BCUT2D eigenvalue weighted by atomic mass is 10.1. The number of allylic oxidation sites excluding steroid dienone is 1. The molecule has 0 heterocycles. The van der Waals surface area contributed by atoms with Crippen molar-refractivity contribution in [1.29, 1.82) is 0 Å². The van der Waals surface area contributed by atoms with Crippen LogP contribution in [0.3, 0.4) is 0 Å². The normalized spacial score (nSPS) is 10.1. The second-order valence-corrected chi connectivity index (χ2v) is 4.06. The minimum Gasteiger partial charge on any atom is -0.465 e. The van der Waals surface area contributed by atoms with Gasteiger partial charge in [0.1, 0.15) is 0 Å². The molecule has 0 saturated carbocycles. The molecule has 0 aliphatic heterocycles. The number of carboxylic acid groups (broad SMARTS) is 1. The highest BCUT2D eigenvalue weighted by molar-refractivity contribution is 5.64. The van der Waals surface area contributed by atoms with Crippen LogP contribution >= 0.6 is 0 Å². The van der Waals surface area contributed by atoms with Crippen molar-refractivity contribution in [2.24, 2.45) is 0 Å². The second kappa shape index (κ2) is 10.5. The Labute approximate surface area is 99.1 Å². The third-order valence-electron chi connectivity index (χ3n) is 2.74. The average molecular weight is 227 g/mol. The van der Waals surface area contributed by atoms with E-state index in [-0.39, 0.29) is 0 Å². The van der Waals surface area contributed by atoms with E-state index in [0.717, 1.165) is 19.3 Å². The lowest BCUT2D eigenvalue weighted by molar-refractivity contribution is 0.146. The van der Waals surface area contributed by atoms with Crippen molar-refractivity contribution in [2.75, 3.05) is 13.1 Å². The zero-order chi connectivity index (χ0) is 12.2. The lowest BCUT2D eigenvalue weighted by Gasteiger charge is -2.16. The van der Waals surface area contributed by atoms with E-state index in [9.17, 15) is 4.79 Å². The third-order valence-corrected chi connectivity index (χ3v) is 2.74. The summed E-state index contributed by atoms with van der Waals surface area (Å²) in [5, 5.41) is 8.79. The van der Waals surface area contributed by atoms with Gasteiger partial charge in [-0.1, -0.05) is 31.8 Å². The van der Waals surface area contributed by atoms with Crippen molar-refractivity contribution in [3.8, 4) is 0 Å². The number of rotatable bonds is 10. The van der Waals surface area contributed by atoms with Gasteiger partial charge in [-0.3, -0.25) is 0 Å². The summed E-state index contributed by atoms with van der Waals surface area (Å²) in [7, 11) is 0. The monoisotopic (exact) mass is 227 g/mol. The molecule has 0 aliphatic rings. The van der Waals surface area contributed by atoms with Crippen LogP contribution in [0.4, 0.5) is 4.79 Å². The molecule has 1 N–H and O–H groups in total. The van der Waals surface area contributed by atoms with Crippen molar-refractivity contribution in [3.05, 3.63) is 12.7 Å². The molecule has 0 radical (unpaired) electrons. The van der Waals surface area contributed by atoms with E-state index < -0.39 is 6.09 Å². The molecule has 3 heteroatoms. The molecule has 0 bridgehead atoms. The maximum absolute atomic E-state index is 10.7. The van der Waals surface area contributed by atoms with Crippen molar-refractivity contribution in [3.63, 3.8) is 0 Å². The SMILES string of the molecule is C=CCCCCCCCCN(CC)C(=O)O. The highest BCUT2D eigenvalue weighted by Crippen LogP contribution is 2.08. The predicted molar refractivity (Wildman–Crippen MR) is 67.8 cm³/mol. The predicted octanol–water partition coefficient (Wildman–Crippen LogP) is 3.90. The highest BCUT2D eigenvalue weighted by Gasteiger charge is 2.07. The molecule has 16 heavy (non-hydrogen) atoms. The molecule has 0 aliphatic carbocycles. The molecule has 0 aromatic heterocycles. The van der Waals surface area contributed by atoms with E-state index in [0.29, 0.717) is 13.1 Å². The molecule has 3 nitrogen and oxygen atoms in total. The van der Waals surface area contributed by atoms with Gasteiger partial charge in [-0.15, -0.1) is 6.58 Å². The van der Waals surface area contributed by atoms with Gasteiger partial charge in [-0.2, -0.15) is 0 Å². The molecular formula is C13H25NO2. The van der Waals surface area contributed by atoms with Crippen LogP contribution in [0.25, 0.3) is 0 Å². The number of hydrogen-bond acceptors (Lipinski definition) is 1. The van der Waals surface area contributed by atoms with Gasteiger partial charge in [0.25, 0.3) is 0 Å². The standard InChI is InChI=1S/C13H25NO2/c1-3-5-6-7-8-9-10-11-12-14(4-2)13(15)16/h3H,1,4-12H2,2H3,(H,15,16). The smallest absolute Gasteiger partial charge is 0.407 e. The second-order valence-electron chi connectivity index (χ2n) is 4.06. The quantitative estimate of drug-likeness (QED) is 0.454. The van der Waals surface area contributed by atoms with E-state index in [4.69, 9.17) is 5.11 Å². The Morgan fingerprint density at radius 1 is 1.19 bits per heavy atom. The van der Waals surface area contributed by atoms with Crippen LogP contribution in [0.1, 0.15) is 51.9 Å². The topological polar surface area (TPSA) is 40.5 Å². The van der Waals surface area contributed by atoms with E-state index >= 15 is 0 Å². The largest absolute Gasteiger partial charge is 0.465 e. The summed E-state index contributed by atoms with van der Waals surface area (Å²) in [6.07, 6.45) is 9.38. The van der Waals surface area contributed by atoms with Crippen LogP contribution in [0, 0.1) is 0 Å². The number of hydrogen-bond donors (Lipinski definition) is 1. The van der Waals surface area contributed by atoms with Crippen LogP contribution in [0.5, 0.6) is 0 Å². The molecule has 0 aromatic rings. The molecule has 0 atom stereocenters. The molecule has 0 aromatic carbocycles. The Kier molecular flexibility index (Phi) is 9.87. The van der Waals surface area contributed by atoms with Crippen LogP contribution in [0.2, 0.25) is 0 Å².